The predicted molar refractivity (Wildman–Crippen MR) is 82.3 cm³/mol. The number of thiazole rings is 1. The third-order valence-electron chi connectivity index (χ3n) is 4.03. The fraction of sp³-hybridized carbons (Fsp3) is 0.733. The zero-order valence-corrected chi connectivity index (χ0v) is 13.9. The fourth-order valence-corrected chi connectivity index (χ4v) is 3.76. The van der Waals surface area contributed by atoms with Crippen LogP contribution in [0.15, 0.2) is 6.20 Å². The van der Waals surface area contributed by atoms with E-state index in [2.05, 4.69) is 10.3 Å². The van der Waals surface area contributed by atoms with Gasteiger partial charge in [-0.1, -0.05) is 0 Å². The maximum atomic E-state index is 12.0. The molecule has 1 aliphatic heterocycles. The van der Waals surface area contributed by atoms with Gasteiger partial charge >= 0.3 is 6.09 Å². The van der Waals surface area contributed by atoms with E-state index in [0.29, 0.717) is 17.9 Å². The Morgan fingerprint density at radius 1 is 1.48 bits per heavy atom. The van der Waals surface area contributed by atoms with Crippen molar-refractivity contribution in [2.45, 2.75) is 45.9 Å². The summed E-state index contributed by atoms with van der Waals surface area (Å²) in [7, 11) is 0. The van der Waals surface area contributed by atoms with Gasteiger partial charge in [-0.2, -0.15) is 0 Å². The van der Waals surface area contributed by atoms with Crippen LogP contribution in [0, 0.1) is 18.8 Å². The van der Waals surface area contributed by atoms with Gasteiger partial charge in [-0.15, -0.1) is 11.3 Å². The van der Waals surface area contributed by atoms with Gasteiger partial charge in [0.25, 0.3) is 0 Å². The smallest absolute Gasteiger partial charge is 0.410 e. The molecule has 0 bridgehead atoms. The maximum Gasteiger partial charge on any atom is 0.410 e. The Kier molecular flexibility index (Phi) is 3.69. The maximum absolute atomic E-state index is 12.0. The Balaban J connectivity index is 1.43. The summed E-state index contributed by atoms with van der Waals surface area (Å²) >= 11 is 1.74. The second-order valence-electron chi connectivity index (χ2n) is 6.97. The molecule has 1 aromatic rings. The van der Waals surface area contributed by atoms with E-state index < -0.39 is 5.60 Å². The third kappa shape index (κ3) is 3.37. The number of aromatic nitrogens is 1. The first-order valence-corrected chi connectivity index (χ1v) is 8.28. The van der Waals surface area contributed by atoms with Crippen LogP contribution in [-0.2, 0) is 11.3 Å². The largest absolute Gasteiger partial charge is 0.444 e. The molecule has 21 heavy (non-hydrogen) atoms. The number of piperidine rings is 1. The molecule has 2 aliphatic rings. The molecular formula is C15H23N3O2S. The Morgan fingerprint density at radius 2 is 2.14 bits per heavy atom. The molecule has 2 unspecified atom stereocenters. The monoisotopic (exact) mass is 309 g/mol. The van der Waals surface area contributed by atoms with Crippen LogP contribution in [0.25, 0.3) is 0 Å². The summed E-state index contributed by atoms with van der Waals surface area (Å²) in [6.45, 7) is 10.3. The van der Waals surface area contributed by atoms with Crippen molar-refractivity contribution in [3.8, 4) is 0 Å². The molecule has 0 aromatic carbocycles. The van der Waals surface area contributed by atoms with Crippen molar-refractivity contribution in [1.29, 1.82) is 0 Å². The topological polar surface area (TPSA) is 54.5 Å². The number of hydrogen-bond donors (Lipinski definition) is 1. The number of ether oxygens (including phenoxy) is 1. The number of carbonyl (C=O) groups is 1. The number of carbonyl (C=O) groups excluding carboxylic acids is 1. The van der Waals surface area contributed by atoms with Crippen LogP contribution < -0.4 is 5.32 Å². The lowest BCUT2D eigenvalue weighted by atomic mass is 10.2. The molecule has 1 saturated carbocycles. The van der Waals surface area contributed by atoms with E-state index in [4.69, 9.17) is 4.74 Å². The van der Waals surface area contributed by atoms with Crippen LogP contribution in [0.2, 0.25) is 0 Å². The number of rotatable bonds is 3. The van der Waals surface area contributed by atoms with Crippen molar-refractivity contribution in [1.82, 2.24) is 15.2 Å². The number of hydrogen-bond acceptors (Lipinski definition) is 5. The van der Waals surface area contributed by atoms with Crippen molar-refractivity contribution in [3.63, 3.8) is 0 Å². The summed E-state index contributed by atoms with van der Waals surface area (Å²) in [5.74, 6) is 1.18. The van der Waals surface area contributed by atoms with Crippen LogP contribution in [0.3, 0.4) is 0 Å². The molecule has 6 heteroatoms. The van der Waals surface area contributed by atoms with Crippen molar-refractivity contribution < 1.29 is 9.53 Å². The molecule has 0 spiro atoms. The standard InChI is InChI=1S/C15H23N3O2S/c1-9-16-5-10(21-9)6-17-13-11-7-18(8-12(11)13)14(19)20-15(2,3)4/h5,11-13,17H,6-8H2,1-4H3. The first-order valence-electron chi connectivity index (χ1n) is 7.46. The number of amides is 1. The molecule has 1 amide bonds. The predicted octanol–water partition coefficient (Wildman–Crippen LogP) is 2.41. The van der Waals surface area contributed by atoms with Crippen molar-refractivity contribution in [2.24, 2.45) is 11.8 Å². The highest BCUT2D eigenvalue weighted by atomic mass is 32.1. The van der Waals surface area contributed by atoms with Crippen LogP contribution >= 0.6 is 11.3 Å². The Morgan fingerprint density at radius 3 is 2.67 bits per heavy atom. The summed E-state index contributed by atoms with van der Waals surface area (Å²) in [5, 5.41) is 4.70. The van der Waals surface area contributed by atoms with Gasteiger partial charge in [-0.05, 0) is 39.5 Å². The van der Waals surface area contributed by atoms with Crippen LogP contribution in [0.4, 0.5) is 4.79 Å². The van der Waals surface area contributed by atoms with Gasteiger partial charge in [0.2, 0.25) is 0 Å². The average Bonchev–Trinajstić information content (AvgIpc) is 2.77. The molecule has 2 heterocycles. The molecule has 1 aromatic heterocycles. The summed E-state index contributed by atoms with van der Waals surface area (Å²) in [4.78, 5) is 19.4. The Labute approximate surface area is 129 Å². The summed E-state index contributed by atoms with van der Waals surface area (Å²) < 4.78 is 5.42. The lowest BCUT2D eigenvalue weighted by Crippen LogP contribution is -2.39. The van der Waals surface area contributed by atoms with E-state index in [1.54, 1.807) is 11.3 Å². The third-order valence-corrected chi connectivity index (χ3v) is 4.94. The van der Waals surface area contributed by atoms with Gasteiger partial charge < -0.3 is 15.0 Å². The zero-order valence-electron chi connectivity index (χ0n) is 13.0. The second-order valence-corrected chi connectivity index (χ2v) is 8.28. The highest BCUT2D eigenvalue weighted by Gasteiger charge is 2.56. The lowest BCUT2D eigenvalue weighted by Gasteiger charge is -2.26. The number of fused-ring (bicyclic) bond motifs is 1. The van der Waals surface area contributed by atoms with Crippen LogP contribution in [0.1, 0.15) is 30.7 Å². The summed E-state index contributed by atoms with van der Waals surface area (Å²) in [5.41, 5.74) is -0.411. The lowest BCUT2D eigenvalue weighted by molar-refractivity contribution is 0.0269. The van der Waals surface area contributed by atoms with E-state index in [1.165, 1.54) is 4.88 Å². The molecule has 2 fully saturated rings. The van der Waals surface area contributed by atoms with Gasteiger partial charge in [0.05, 0.1) is 5.01 Å². The number of nitrogens with zero attached hydrogens (tertiary/aromatic N) is 2. The highest BCUT2D eigenvalue weighted by molar-refractivity contribution is 7.11. The van der Waals surface area contributed by atoms with E-state index in [-0.39, 0.29) is 6.09 Å². The van der Waals surface area contributed by atoms with Crippen molar-refractivity contribution in [3.05, 3.63) is 16.1 Å². The Hall–Kier alpha value is -1.14. The van der Waals surface area contributed by atoms with E-state index >= 15 is 0 Å². The van der Waals surface area contributed by atoms with Gasteiger partial charge in [0.15, 0.2) is 0 Å². The minimum absolute atomic E-state index is 0.175. The van der Waals surface area contributed by atoms with E-state index in [9.17, 15) is 4.79 Å². The second kappa shape index (κ2) is 5.25. The zero-order chi connectivity index (χ0) is 15.2. The first kappa shape index (κ1) is 14.8. The van der Waals surface area contributed by atoms with E-state index in [0.717, 1.165) is 24.6 Å². The van der Waals surface area contributed by atoms with Crippen molar-refractivity contribution in [2.75, 3.05) is 13.1 Å². The minimum Gasteiger partial charge on any atom is -0.444 e. The molecule has 116 valence electrons. The number of aryl methyl sites for hydroxylation is 1. The molecule has 1 aliphatic carbocycles. The molecule has 3 rings (SSSR count). The quantitative estimate of drug-likeness (QED) is 0.931. The van der Waals surface area contributed by atoms with Gasteiger partial charge in [0.1, 0.15) is 5.60 Å². The minimum atomic E-state index is -0.411. The van der Waals surface area contributed by atoms with E-state index in [1.807, 2.05) is 38.8 Å². The highest BCUT2D eigenvalue weighted by Crippen LogP contribution is 2.46. The van der Waals surface area contributed by atoms with Gasteiger partial charge in [-0.3, -0.25) is 0 Å². The van der Waals surface area contributed by atoms with Crippen molar-refractivity contribution >= 4 is 17.4 Å². The van der Waals surface area contributed by atoms with Crippen LogP contribution in [-0.4, -0.2) is 40.7 Å². The van der Waals surface area contributed by atoms with Gasteiger partial charge in [0, 0.05) is 36.8 Å². The van der Waals surface area contributed by atoms with Gasteiger partial charge in [-0.25, -0.2) is 9.78 Å². The molecule has 1 saturated heterocycles. The first-order chi connectivity index (χ1) is 9.83. The molecular weight excluding hydrogens is 286 g/mol. The number of nitrogens with one attached hydrogen (secondary N) is 1. The average molecular weight is 309 g/mol. The molecule has 2 atom stereocenters. The van der Waals surface area contributed by atoms with Crippen LogP contribution in [0.5, 0.6) is 0 Å². The Bertz CT molecular complexity index is 525. The molecule has 0 radical (unpaired) electrons. The fourth-order valence-electron chi connectivity index (χ4n) is 3.01. The SMILES string of the molecule is Cc1ncc(CNC2C3CN(C(=O)OC(C)(C)C)CC32)s1. The number of likely N-dealkylation sites (tertiary alicyclic amines) is 1. The molecule has 5 nitrogen and oxygen atoms in total. The normalized spacial score (nSPS) is 27.6. The summed E-state index contributed by atoms with van der Waals surface area (Å²) in [6, 6.07) is 0.547. The summed E-state index contributed by atoms with van der Waals surface area (Å²) in [6.07, 6.45) is 1.77. The molecule has 1 N–H and O–H groups in total.